The zero-order chi connectivity index (χ0) is 9.97. The Labute approximate surface area is 87.7 Å². The minimum atomic E-state index is 0.851. The quantitative estimate of drug-likeness (QED) is 0.631. The normalized spacial score (nSPS) is 32.6. The van der Waals surface area contributed by atoms with Crippen LogP contribution in [-0.4, -0.2) is 73.6 Å². The topological polar surface area (TPSA) is 9.72 Å². The van der Waals surface area contributed by atoms with E-state index in [-0.39, 0.29) is 0 Å². The molecule has 2 saturated heterocycles. The molecular weight excluding hydrogens is 174 g/mol. The second-order valence-electron chi connectivity index (χ2n) is 4.67. The van der Waals surface area contributed by atoms with Crippen LogP contribution < -0.4 is 0 Å². The van der Waals surface area contributed by atoms with E-state index in [4.69, 9.17) is 0 Å². The maximum absolute atomic E-state index is 2.69. The molecule has 0 bridgehead atoms. The summed E-state index contributed by atoms with van der Waals surface area (Å²) in [5.74, 6) is 0. The van der Waals surface area contributed by atoms with E-state index < -0.39 is 0 Å². The Bertz CT molecular complexity index is 175. The lowest BCUT2D eigenvalue weighted by molar-refractivity contribution is 0.113. The summed E-state index contributed by atoms with van der Waals surface area (Å²) in [6, 6.07) is 0.851. The fourth-order valence-electron chi connectivity index (χ4n) is 2.58. The molecule has 0 N–H and O–H groups in total. The number of likely N-dealkylation sites (N-methyl/N-ethyl adjacent to an activating group) is 2. The van der Waals surface area contributed by atoms with E-state index in [1.165, 1.54) is 52.2 Å². The van der Waals surface area contributed by atoms with Crippen LogP contribution in [0, 0.1) is 0 Å². The van der Waals surface area contributed by atoms with Crippen LogP contribution in [0.25, 0.3) is 0 Å². The van der Waals surface area contributed by atoms with Gasteiger partial charge in [-0.3, -0.25) is 4.90 Å². The van der Waals surface area contributed by atoms with Crippen molar-refractivity contribution in [3.63, 3.8) is 0 Å². The molecule has 3 nitrogen and oxygen atoms in total. The molecule has 0 aliphatic carbocycles. The van der Waals surface area contributed by atoms with E-state index in [1.54, 1.807) is 0 Å². The molecule has 0 aromatic heterocycles. The molecule has 2 heterocycles. The smallest absolute Gasteiger partial charge is 0.0236 e. The number of nitrogens with zero attached hydrogens (tertiary/aromatic N) is 3. The van der Waals surface area contributed by atoms with Gasteiger partial charge < -0.3 is 9.80 Å². The van der Waals surface area contributed by atoms with E-state index >= 15 is 0 Å². The molecule has 1 atom stereocenters. The highest BCUT2D eigenvalue weighted by Crippen LogP contribution is 2.16. The second kappa shape index (κ2) is 4.60. The van der Waals surface area contributed by atoms with E-state index in [2.05, 4.69) is 28.7 Å². The Balaban J connectivity index is 1.79. The lowest BCUT2D eigenvalue weighted by Crippen LogP contribution is -2.49. The molecule has 14 heavy (non-hydrogen) atoms. The fraction of sp³-hybridized carbons (Fsp3) is 1.00. The lowest BCUT2D eigenvalue weighted by Gasteiger charge is -2.36. The molecule has 1 unspecified atom stereocenters. The van der Waals surface area contributed by atoms with E-state index in [0.717, 1.165) is 6.04 Å². The Morgan fingerprint density at radius 3 is 2.36 bits per heavy atom. The van der Waals surface area contributed by atoms with Crippen molar-refractivity contribution >= 4 is 0 Å². The first-order valence-corrected chi connectivity index (χ1v) is 5.94. The number of piperazine rings is 1. The maximum atomic E-state index is 2.69. The molecular formula is C11H23N3. The molecule has 82 valence electrons. The van der Waals surface area contributed by atoms with Gasteiger partial charge in [-0.1, -0.05) is 6.92 Å². The van der Waals surface area contributed by atoms with Crippen LogP contribution in [-0.2, 0) is 0 Å². The number of hydrogen-bond acceptors (Lipinski definition) is 3. The van der Waals surface area contributed by atoms with Gasteiger partial charge in [0.1, 0.15) is 0 Å². The monoisotopic (exact) mass is 197 g/mol. The SMILES string of the molecule is CCN1CCC(N2CCN(C)CC2)C1. The zero-order valence-corrected chi connectivity index (χ0v) is 9.58. The largest absolute Gasteiger partial charge is 0.304 e. The van der Waals surface area contributed by atoms with E-state index in [0.29, 0.717) is 0 Å². The first kappa shape index (κ1) is 10.4. The molecule has 2 rings (SSSR count). The van der Waals surface area contributed by atoms with Crippen molar-refractivity contribution in [2.75, 3.05) is 52.9 Å². The van der Waals surface area contributed by atoms with Crippen molar-refractivity contribution in [2.45, 2.75) is 19.4 Å². The highest BCUT2D eigenvalue weighted by atomic mass is 15.3. The second-order valence-corrected chi connectivity index (χ2v) is 4.67. The van der Waals surface area contributed by atoms with Crippen molar-refractivity contribution in [3.05, 3.63) is 0 Å². The van der Waals surface area contributed by atoms with Gasteiger partial charge in [-0.05, 0) is 26.6 Å². The summed E-state index contributed by atoms with van der Waals surface area (Å²) in [7, 11) is 2.23. The molecule has 0 aromatic rings. The summed E-state index contributed by atoms with van der Waals surface area (Å²) in [4.78, 5) is 7.70. The summed E-state index contributed by atoms with van der Waals surface area (Å²) in [5.41, 5.74) is 0. The third kappa shape index (κ3) is 2.27. The van der Waals surface area contributed by atoms with Crippen molar-refractivity contribution in [3.8, 4) is 0 Å². The van der Waals surface area contributed by atoms with Crippen LogP contribution >= 0.6 is 0 Å². The molecule has 0 aromatic carbocycles. The summed E-state index contributed by atoms with van der Waals surface area (Å²) in [6.07, 6.45) is 1.39. The van der Waals surface area contributed by atoms with Crippen LogP contribution in [0.1, 0.15) is 13.3 Å². The van der Waals surface area contributed by atoms with Gasteiger partial charge in [0.05, 0.1) is 0 Å². The summed E-state index contributed by atoms with van der Waals surface area (Å²) < 4.78 is 0. The van der Waals surface area contributed by atoms with Gasteiger partial charge in [0, 0.05) is 38.8 Å². The Morgan fingerprint density at radius 1 is 1.07 bits per heavy atom. The molecule has 0 amide bonds. The Hall–Kier alpha value is -0.120. The van der Waals surface area contributed by atoms with E-state index in [9.17, 15) is 0 Å². The fourth-order valence-corrected chi connectivity index (χ4v) is 2.58. The third-order valence-corrected chi connectivity index (χ3v) is 3.75. The van der Waals surface area contributed by atoms with E-state index in [1.807, 2.05) is 0 Å². The lowest BCUT2D eigenvalue weighted by atomic mass is 10.2. The van der Waals surface area contributed by atoms with Gasteiger partial charge in [0.15, 0.2) is 0 Å². The predicted molar refractivity (Wildman–Crippen MR) is 59.6 cm³/mol. The molecule has 0 radical (unpaired) electrons. The highest BCUT2D eigenvalue weighted by Gasteiger charge is 2.28. The molecule has 2 fully saturated rings. The minimum Gasteiger partial charge on any atom is -0.304 e. The molecule has 2 aliphatic rings. The van der Waals surface area contributed by atoms with Crippen LogP contribution in [0.5, 0.6) is 0 Å². The number of rotatable bonds is 2. The average molecular weight is 197 g/mol. The standard InChI is InChI=1S/C11H23N3/c1-3-13-5-4-11(10-13)14-8-6-12(2)7-9-14/h11H,3-10H2,1-2H3. The highest BCUT2D eigenvalue weighted by molar-refractivity contribution is 4.85. The van der Waals surface area contributed by atoms with Crippen LogP contribution in [0.15, 0.2) is 0 Å². The molecule has 0 spiro atoms. The van der Waals surface area contributed by atoms with Gasteiger partial charge in [0.2, 0.25) is 0 Å². The summed E-state index contributed by atoms with van der Waals surface area (Å²) >= 11 is 0. The van der Waals surface area contributed by atoms with Crippen LogP contribution in [0.4, 0.5) is 0 Å². The average Bonchev–Trinajstić information content (AvgIpc) is 2.67. The molecule has 0 saturated carbocycles. The third-order valence-electron chi connectivity index (χ3n) is 3.75. The van der Waals surface area contributed by atoms with Gasteiger partial charge >= 0.3 is 0 Å². The predicted octanol–water partition coefficient (Wildman–Crippen LogP) is 0.328. The number of likely N-dealkylation sites (tertiary alicyclic amines) is 1. The van der Waals surface area contributed by atoms with Crippen molar-refractivity contribution in [2.24, 2.45) is 0 Å². The molecule has 3 heteroatoms. The summed E-state index contributed by atoms with van der Waals surface area (Å²) in [6.45, 7) is 11.2. The summed E-state index contributed by atoms with van der Waals surface area (Å²) in [5, 5.41) is 0. The van der Waals surface area contributed by atoms with Gasteiger partial charge in [0.25, 0.3) is 0 Å². The van der Waals surface area contributed by atoms with Crippen LogP contribution in [0.3, 0.4) is 0 Å². The Morgan fingerprint density at radius 2 is 1.79 bits per heavy atom. The van der Waals surface area contributed by atoms with Gasteiger partial charge in [-0.25, -0.2) is 0 Å². The zero-order valence-electron chi connectivity index (χ0n) is 9.58. The van der Waals surface area contributed by atoms with Crippen LogP contribution in [0.2, 0.25) is 0 Å². The maximum Gasteiger partial charge on any atom is 0.0236 e. The molecule has 2 aliphatic heterocycles. The van der Waals surface area contributed by atoms with Gasteiger partial charge in [-0.2, -0.15) is 0 Å². The first-order valence-electron chi connectivity index (χ1n) is 5.94. The Kier molecular flexibility index (Phi) is 3.42. The van der Waals surface area contributed by atoms with Crippen molar-refractivity contribution in [1.29, 1.82) is 0 Å². The minimum absolute atomic E-state index is 0.851. The first-order chi connectivity index (χ1) is 6.79. The number of hydrogen-bond donors (Lipinski definition) is 0. The van der Waals surface area contributed by atoms with Crippen molar-refractivity contribution < 1.29 is 0 Å². The van der Waals surface area contributed by atoms with Gasteiger partial charge in [-0.15, -0.1) is 0 Å². The van der Waals surface area contributed by atoms with Crippen molar-refractivity contribution in [1.82, 2.24) is 14.7 Å².